The Balaban J connectivity index is 2.70. The molecule has 3 heteroatoms. The first-order chi connectivity index (χ1) is 6.93. The summed E-state index contributed by atoms with van der Waals surface area (Å²) in [7, 11) is 0. The van der Waals surface area contributed by atoms with Gasteiger partial charge in [0.05, 0.1) is 0 Å². The van der Waals surface area contributed by atoms with Gasteiger partial charge < -0.3 is 5.11 Å². The molecule has 1 heterocycles. The molecule has 1 N–H and O–H groups in total. The van der Waals surface area contributed by atoms with Gasteiger partial charge in [-0.15, -0.1) is 0 Å². The maximum atomic E-state index is 10.8. The summed E-state index contributed by atoms with van der Waals surface area (Å²) in [5.41, 5.74) is 0. The number of carboxylic acids is 1. The molecule has 0 aromatic carbocycles. The third kappa shape index (κ3) is 2.94. The second kappa shape index (κ2) is 4.97. The molecule has 1 aliphatic rings. The molecule has 0 bridgehead atoms. The molecule has 0 amide bonds. The van der Waals surface area contributed by atoms with Gasteiger partial charge in [-0.25, -0.2) is 0 Å². The number of nitrogens with zero attached hydrogens (tertiary/aromatic N) is 1. The highest BCUT2D eigenvalue weighted by Crippen LogP contribution is 2.33. The predicted octanol–water partition coefficient (Wildman–Crippen LogP) is 2.22. The maximum Gasteiger partial charge on any atom is 0.303 e. The molecule has 0 aromatic heterocycles. The average Bonchev–Trinajstić information content (AvgIpc) is 2.46. The molecule has 88 valence electrons. The van der Waals surface area contributed by atoms with Crippen LogP contribution in [0.1, 0.15) is 40.5 Å². The fourth-order valence-electron chi connectivity index (χ4n) is 2.88. The summed E-state index contributed by atoms with van der Waals surface area (Å²) in [6, 6.07) is 0.970. The molecule has 1 saturated heterocycles. The van der Waals surface area contributed by atoms with Crippen LogP contribution in [0, 0.1) is 11.8 Å². The lowest BCUT2D eigenvalue weighted by Crippen LogP contribution is -2.41. The Morgan fingerprint density at radius 3 is 2.40 bits per heavy atom. The molecular formula is C12H23NO2. The minimum Gasteiger partial charge on any atom is -0.481 e. The SMILES string of the molecule is CC(C)[C@H]1[C@H](CC(=O)O)CCN1C(C)C. The van der Waals surface area contributed by atoms with E-state index in [0.717, 1.165) is 13.0 Å². The summed E-state index contributed by atoms with van der Waals surface area (Å²) in [6.45, 7) is 9.83. The van der Waals surface area contributed by atoms with Gasteiger partial charge in [0.25, 0.3) is 0 Å². The van der Waals surface area contributed by atoms with E-state index in [4.69, 9.17) is 5.11 Å². The van der Waals surface area contributed by atoms with Crippen LogP contribution in [0.25, 0.3) is 0 Å². The molecule has 0 aromatic rings. The lowest BCUT2D eigenvalue weighted by atomic mass is 9.88. The highest BCUT2D eigenvalue weighted by atomic mass is 16.4. The van der Waals surface area contributed by atoms with Crippen LogP contribution in [0.15, 0.2) is 0 Å². The first-order valence-electron chi connectivity index (χ1n) is 5.91. The van der Waals surface area contributed by atoms with Gasteiger partial charge in [-0.3, -0.25) is 9.69 Å². The first-order valence-corrected chi connectivity index (χ1v) is 5.91. The van der Waals surface area contributed by atoms with Gasteiger partial charge in [0.15, 0.2) is 0 Å². The topological polar surface area (TPSA) is 40.5 Å². The van der Waals surface area contributed by atoms with E-state index in [2.05, 4.69) is 32.6 Å². The zero-order chi connectivity index (χ0) is 11.6. The highest BCUT2D eigenvalue weighted by Gasteiger charge is 2.37. The van der Waals surface area contributed by atoms with Crippen LogP contribution < -0.4 is 0 Å². The Morgan fingerprint density at radius 1 is 1.40 bits per heavy atom. The van der Waals surface area contributed by atoms with E-state index in [1.54, 1.807) is 0 Å². The van der Waals surface area contributed by atoms with E-state index in [-0.39, 0.29) is 0 Å². The number of hydrogen-bond donors (Lipinski definition) is 1. The van der Waals surface area contributed by atoms with Crippen molar-refractivity contribution >= 4 is 5.97 Å². The molecular weight excluding hydrogens is 190 g/mol. The average molecular weight is 213 g/mol. The van der Waals surface area contributed by atoms with Crippen LogP contribution in [0.3, 0.4) is 0 Å². The van der Waals surface area contributed by atoms with Gasteiger partial charge in [0.2, 0.25) is 0 Å². The third-order valence-electron chi connectivity index (χ3n) is 3.41. The van der Waals surface area contributed by atoms with E-state index in [1.807, 2.05) is 0 Å². The summed E-state index contributed by atoms with van der Waals surface area (Å²) in [5.74, 6) is 0.223. The number of aliphatic carboxylic acids is 1. The van der Waals surface area contributed by atoms with E-state index >= 15 is 0 Å². The van der Waals surface area contributed by atoms with Crippen molar-refractivity contribution in [3.05, 3.63) is 0 Å². The maximum absolute atomic E-state index is 10.8. The molecule has 3 nitrogen and oxygen atoms in total. The molecule has 1 aliphatic heterocycles. The van der Waals surface area contributed by atoms with Crippen LogP contribution >= 0.6 is 0 Å². The molecule has 0 spiro atoms. The third-order valence-corrected chi connectivity index (χ3v) is 3.41. The summed E-state index contributed by atoms with van der Waals surface area (Å²) in [4.78, 5) is 13.2. The normalized spacial score (nSPS) is 27.9. The first kappa shape index (κ1) is 12.5. The van der Waals surface area contributed by atoms with E-state index < -0.39 is 5.97 Å². The molecule has 0 radical (unpaired) electrons. The van der Waals surface area contributed by atoms with Crippen molar-refractivity contribution in [2.45, 2.75) is 52.6 Å². The van der Waals surface area contributed by atoms with E-state index in [1.165, 1.54) is 0 Å². The Morgan fingerprint density at radius 2 is 2.00 bits per heavy atom. The van der Waals surface area contributed by atoms with Gasteiger partial charge >= 0.3 is 5.97 Å². The largest absolute Gasteiger partial charge is 0.481 e. The monoisotopic (exact) mass is 213 g/mol. The van der Waals surface area contributed by atoms with Crippen molar-refractivity contribution in [3.63, 3.8) is 0 Å². The van der Waals surface area contributed by atoms with Crippen molar-refractivity contribution in [1.82, 2.24) is 4.90 Å². The summed E-state index contributed by atoms with van der Waals surface area (Å²) >= 11 is 0. The summed E-state index contributed by atoms with van der Waals surface area (Å²) < 4.78 is 0. The van der Waals surface area contributed by atoms with Gasteiger partial charge in [-0.05, 0) is 38.6 Å². The van der Waals surface area contributed by atoms with Gasteiger partial charge in [-0.2, -0.15) is 0 Å². The van der Waals surface area contributed by atoms with Crippen molar-refractivity contribution in [1.29, 1.82) is 0 Å². The van der Waals surface area contributed by atoms with E-state index in [0.29, 0.717) is 30.3 Å². The van der Waals surface area contributed by atoms with Crippen molar-refractivity contribution in [2.75, 3.05) is 6.54 Å². The Hall–Kier alpha value is -0.570. The Labute approximate surface area is 92.5 Å². The molecule has 1 fully saturated rings. The molecule has 0 saturated carbocycles. The fraction of sp³-hybridized carbons (Fsp3) is 0.917. The minimum atomic E-state index is -0.656. The van der Waals surface area contributed by atoms with Crippen LogP contribution in [0.2, 0.25) is 0 Å². The Kier molecular flexibility index (Phi) is 4.14. The lowest BCUT2D eigenvalue weighted by Gasteiger charge is -2.33. The summed E-state index contributed by atoms with van der Waals surface area (Å²) in [6.07, 6.45) is 1.36. The number of hydrogen-bond acceptors (Lipinski definition) is 2. The molecule has 2 atom stereocenters. The molecule has 1 rings (SSSR count). The predicted molar refractivity (Wildman–Crippen MR) is 60.8 cm³/mol. The van der Waals surface area contributed by atoms with Gasteiger partial charge in [0, 0.05) is 18.5 Å². The number of carboxylic acid groups (broad SMARTS) is 1. The molecule has 0 aliphatic carbocycles. The lowest BCUT2D eigenvalue weighted by molar-refractivity contribution is -0.138. The smallest absolute Gasteiger partial charge is 0.303 e. The molecule has 0 unspecified atom stereocenters. The minimum absolute atomic E-state index is 0.325. The zero-order valence-electron chi connectivity index (χ0n) is 10.2. The summed E-state index contributed by atoms with van der Waals surface area (Å²) in [5, 5.41) is 8.88. The molecule has 15 heavy (non-hydrogen) atoms. The van der Waals surface area contributed by atoms with Crippen LogP contribution in [0.5, 0.6) is 0 Å². The van der Waals surface area contributed by atoms with Crippen LogP contribution in [-0.2, 0) is 4.79 Å². The van der Waals surface area contributed by atoms with E-state index in [9.17, 15) is 4.79 Å². The van der Waals surface area contributed by atoms with Crippen molar-refractivity contribution < 1.29 is 9.90 Å². The zero-order valence-corrected chi connectivity index (χ0v) is 10.2. The number of rotatable bonds is 4. The quantitative estimate of drug-likeness (QED) is 0.778. The number of likely N-dealkylation sites (tertiary alicyclic amines) is 1. The van der Waals surface area contributed by atoms with Crippen LogP contribution in [0.4, 0.5) is 0 Å². The standard InChI is InChI=1S/C12H23NO2/c1-8(2)12-10(7-11(14)15)5-6-13(12)9(3)4/h8-10,12H,5-7H2,1-4H3,(H,14,15)/t10-,12-/m0/s1. The second-order valence-corrected chi connectivity index (χ2v) is 5.21. The van der Waals surface area contributed by atoms with Crippen LogP contribution in [-0.4, -0.2) is 34.6 Å². The van der Waals surface area contributed by atoms with Crippen molar-refractivity contribution in [3.8, 4) is 0 Å². The highest BCUT2D eigenvalue weighted by molar-refractivity contribution is 5.67. The van der Waals surface area contributed by atoms with Crippen molar-refractivity contribution in [2.24, 2.45) is 11.8 Å². The van der Waals surface area contributed by atoms with Gasteiger partial charge in [0.1, 0.15) is 0 Å². The number of carbonyl (C=O) groups is 1. The fourth-order valence-corrected chi connectivity index (χ4v) is 2.88. The Bertz CT molecular complexity index is 226. The second-order valence-electron chi connectivity index (χ2n) is 5.21. The van der Waals surface area contributed by atoms with Gasteiger partial charge in [-0.1, -0.05) is 13.8 Å².